The highest BCUT2D eigenvalue weighted by molar-refractivity contribution is 7.98. The third-order valence-corrected chi connectivity index (χ3v) is 18.2. The van der Waals surface area contributed by atoms with Gasteiger partial charge in [0.05, 0.1) is 50.8 Å². The molecule has 2 aromatic carbocycles. The molecule has 0 radical (unpaired) electrons. The number of carbonyl (C=O) groups excluding carboxylic acids is 12. The lowest BCUT2D eigenvalue weighted by atomic mass is 9.97. The van der Waals surface area contributed by atoms with Crippen molar-refractivity contribution in [2.24, 2.45) is 29.0 Å². The zero-order chi connectivity index (χ0) is 80.1. The normalized spacial score (nSPS) is 16.0. The quantitative estimate of drug-likeness (QED) is 0.0187. The zero-order valence-electron chi connectivity index (χ0n) is 61.5. The summed E-state index contributed by atoms with van der Waals surface area (Å²) in [6.45, 7) is 6.29. The van der Waals surface area contributed by atoms with Crippen molar-refractivity contribution < 1.29 is 87.2 Å². The number of imidazole rings is 1. The van der Waals surface area contributed by atoms with Gasteiger partial charge in [-0.2, -0.15) is 11.8 Å². The number of hydrogen-bond acceptors (Lipinski definition) is 23. The Morgan fingerprint density at radius 2 is 1.06 bits per heavy atom. The molecule has 0 bridgehead atoms. The minimum Gasteiger partial charge on any atom is -0.480 e. The third-order valence-electron chi connectivity index (χ3n) is 17.6. The van der Waals surface area contributed by atoms with E-state index in [1.807, 2.05) is 20.1 Å². The number of aromatic amines is 2. The summed E-state index contributed by atoms with van der Waals surface area (Å²) >= 11 is 1.44. The van der Waals surface area contributed by atoms with Crippen LogP contribution in [0.25, 0.3) is 10.9 Å². The number of aromatic nitrogens is 3. The highest BCUT2D eigenvalue weighted by Gasteiger charge is 2.44. The smallest absolute Gasteiger partial charge is 0.317 e. The standard InChI is InChI=1S/C69H102N20O18S/c1-38(2)26-50(65(103)80-48(61(73)99)16-25-108-7)82-66(104)52(28-45-32-74-37-76-45)81-62(100)40(5)78-67(105)59(39(3)4)84-63(101)41(6)77-64(102)51(27-43-31-75-47-11-9-8-10-46(43)47)83-68(106)60(89(55(92)30-70)69(107)42-12-14-44(71)15-13-42)49(29-53(72)90)79-54(91)33-85-17-19-86(34-56(93)94)21-23-88(36-58(97)98)24-22-87(20-18-85)35-57(95)96/h8-15,31-32,37-41,48-52,59-60,75H,16-30,33-36,70-71H2,1-7H3,(H2,72,90)(H2,73,99)(H,74,76)(H,77,102)(H,78,105)(H,79,91)(H,80,103)(H,81,100)(H,82,104)(H,83,106)(H,84,101)(H,93,94)(H,95,96)(H,97,98)/t40-,41+,48+,49-,50+,51+,52+,59+,60+/m1/s1. The molecule has 9 atom stereocenters. The number of amides is 12. The number of imide groups is 1. The molecule has 1 aliphatic rings. The second kappa shape index (κ2) is 43.3. The van der Waals surface area contributed by atoms with E-state index in [9.17, 15) is 77.6 Å². The fourth-order valence-electron chi connectivity index (χ4n) is 11.9. The number of nitrogens with one attached hydrogen (secondary N) is 10. The molecule has 0 saturated carbocycles. The minimum atomic E-state index is -2.31. The lowest BCUT2D eigenvalue weighted by Crippen LogP contribution is -2.65. The Labute approximate surface area is 627 Å². The number of nitrogens with two attached hydrogens (primary N) is 4. The van der Waals surface area contributed by atoms with Gasteiger partial charge in [-0.1, -0.05) is 45.9 Å². The molecule has 4 aromatic rings. The second-order valence-electron chi connectivity index (χ2n) is 27.0. The Morgan fingerprint density at radius 1 is 0.574 bits per heavy atom. The summed E-state index contributed by atoms with van der Waals surface area (Å²) in [5.41, 5.74) is 24.6. The molecule has 3 heterocycles. The van der Waals surface area contributed by atoms with Gasteiger partial charge in [0.25, 0.3) is 5.91 Å². The first-order valence-electron chi connectivity index (χ1n) is 35.1. The summed E-state index contributed by atoms with van der Waals surface area (Å²) < 4.78 is 0. The predicted octanol–water partition coefficient (Wildman–Crippen LogP) is -4.54. The van der Waals surface area contributed by atoms with Gasteiger partial charge in [0.1, 0.15) is 48.3 Å². The van der Waals surface area contributed by atoms with E-state index in [0.29, 0.717) is 32.8 Å². The number of benzene rings is 2. The van der Waals surface area contributed by atoms with Crippen molar-refractivity contribution >= 4 is 117 Å². The molecule has 5 rings (SSSR count). The Kier molecular flexibility index (Phi) is 35.3. The van der Waals surface area contributed by atoms with Crippen LogP contribution in [0.2, 0.25) is 0 Å². The first kappa shape index (κ1) is 88.0. The molecular weight excluding hydrogens is 1430 g/mol. The van der Waals surface area contributed by atoms with Gasteiger partial charge in [0, 0.05) is 106 Å². The number of aliphatic carboxylic acids is 3. The van der Waals surface area contributed by atoms with Crippen LogP contribution >= 0.6 is 11.8 Å². The lowest BCUT2D eigenvalue weighted by Gasteiger charge is -2.36. The number of rotatable bonds is 40. The van der Waals surface area contributed by atoms with Crippen LogP contribution in [0.1, 0.15) is 82.4 Å². The molecule has 0 spiro atoms. The number of carboxylic acids is 3. The average Bonchev–Trinajstić information content (AvgIpc) is 1.43. The molecule has 592 valence electrons. The summed E-state index contributed by atoms with van der Waals surface area (Å²) in [4.78, 5) is 223. The topological polar surface area (TPSA) is 578 Å². The molecule has 1 fully saturated rings. The SMILES string of the molecule is CSCC[C@H](NC(=O)[C@H](CC(C)C)NC(=O)[C@H](Cc1c[nH]cn1)NC(=O)[C@@H](C)NC(=O)[C@@H](NC(=O)[C@H](C)NC(=O)[C@H](Cc1c[nH]c2ccccc12)NC(=O)[C@H]([C@@H](CC(N)=O)NC(=O)CN1CCN(CC(=O)O)CCN(CC(=O)O)CCN(CC(=O)O)CC1)N(C(=O)CN)C(=O)c1ccc(N)cc1)C(C)C)C(N)=O. The van der Waals surface area contributed by atoms with Crippen molar-refractivity contribution in [2.75, 3.05) is 103 Å². The number of primary amides is 2. The van der Waals surface area contributed by atoms with Gasteiger partial charge in [-0.05, 0) is 86.4 Å². The Morgan fingerprint density at radius 3 is 1.56 bits per heavy atom. The second-order valence-corrected chi connectivity index (χ2v) is 28.0. The average molecular weight is 1530 g/mol. The summed E-state index contributed by atoms with van der Waals surface area (Å²) in [6, 6.07) is -2.13. The number of para-hydroxylation sites is 1. The van der Waals surface area contributed by atoms with Crippen LogP contribution in [-0.2, 0) is 80.0 Å². The van der Waals surface area contributed by atoms with Crippen LogP contribution in [0.4, 0.5) is 5.69 Å². The Balaban J connectivity index is 1.46. The number of fused-ring (bicyclic) bond motifs is 1. The van der Waals surface area contributed by atoms with Gasteiger partial charge in [0.15, 0.2) is 0 Å². The predicted molar refractivity (Wildman–Crippen MR) is 395 cm³/mol. The van der Waals surface area contributed by atoms with E-state index in [2.05, 4.69) is 57.5 Å². The fraction of sp³-hybridized carbons (Fsp3) is 0.536. The van der Waals surface area contributed by atoms with E-state index >= 15 is 9.59 Å². The van der Waals surface area contributed by atoms with Crippen molar-refractivity contribution in [1.82, 2.24) is 82.0 Å². The number of H-pyrrole nitrogens is 2. The fourth-order valence-corrected chi connectivity index (χ4v) is 12.3. The lowest BCUT2D eigenvalue weighted by molar-refractivity contribution is -0.141. The van der Waals surface area contributed by atoms with Crippen LogP contribution in [-0.4, -0.2) is 295 Å². The van der Waals surface area contributed by atoms with Gasteiger partial charge in [-0.15, -0.1) is 0 Å². The van der Waals surface area contributed by atoms with Crippen LogP contribution in [0.3, 0.4) is 0 Å². The van der Waals surface area contributed by atoms with E-state index in [1.165, 1.54) is 88.2 Å². The zero-order valence-corrected chi connectivity index (χ0v) is 62.3. The molecule has 21 N–H and O–H groups in total. The summed E-state index contributed by atoms with van der Waals surface area (Å²) in [7, 11) is 0. The highest BCUT2D eigenvalue weighted by atomic mass is 32.2. The molecular formula is C69H102N20O18S. The van der Waals surface area contributed by atoms with Crippen LogP contribution in [0.5, 0.6) is 0 Å². The maximum absolute atomic E-state index is 15.7. The van der Waals surface area contributed by atoms with Gasteiger partial charge >= 0.3 is 17.9 Å². The number of nitrogen functional groups attached to an aromatic ring is 1. The van der Waals surface area contributed by atoms with Gasteiger partial charge in [0.2, 0.25) is 65.0 Å². The summed E-state index contributed by atoms with van der Waals surface area (Å²) in [6.07, 6.45) is 4.97. The number of anilines is 1. The Hall–Kier alpha value is -10.6. The molecule has 38 nitrogen and oxygen atoms in total. The van der Waals surface area contributed by atoms with Crippen LogP contribution in [0, 0.1) is 11.8 Å². The van der Waals surface area contributed by atoms with E-state index in [-0.39, 0.29) is 88.8 Å². The molecule has 1 saturated heterocycles. The van der Waals surface area contributed by atoms with E-state index in [0.717, 1.165) is 0 Å². The molecule has 0 unspecified atom stereocenters. The van der Waals surface area contributed by atoms with Crippen LogP contribution < -0.4 is 65.5 Å². The van der Waals surface area contributed by atoms with Crippen molar-refractivity contribution in [3.63, 3.8) is 0 Å². The van der Waals surface area contributed by atoms with E-state index < -0.39 is 195 Å². The first-order valence-corrected chi connectivity index (χ1v) is 36.4. The number of carboxylic acid groups (broad SMARTS) is 3. The molecule has 2 aromatic heterocycles. The molecule has 108 heavy (non-hydrogen) atoms. The van der Waals surface area contributed by atoms with Crippen molar-refractivity contribution in [2.45, 2.75) is 128 Å². The summed E-state index contributed by atoms with van der Waals surface area (Å²) in [5, 5.41) is 50.7. The maximum Gasteiger partial charge on any atom is 0.317 e. The van der Waals surface area contributed by atoms with Crippen molar-refractivity contribution in [3.05, 3.63) is 84.1 Å². The third kappa shape index (κ3) is 28.6. The monoisotopic (exact) mass is 1530 g/mol. The number of hydrogen-bond donors (Lipinski definition) is 17. The van der Waals surface area contributed by atoms with Crippen LogP contribution in [0.15, 0.2) is 67.3 Å². The molecule has 39 heteroatoms. The number of thioether (sulfide) groups is 1. The minimum absolute atomic E-state index is 0.0335. The summed E-state index contributed by atoms with van der Waals surface area (Å²) in [5.74, 6) is -16.0. The highest BCUT2D eigenvalue weighted by Crippen LogP contribution is 2.22. The maximum atomic E-state index is 15.7. The molecule has 12 amide bonds. The van der Waals surface area contributed by atoms with Crippen molar-refractivity contribution in [1.29, 1.82) is 0 Å². The first-order chi connectivity index (χ1) is 51.1. The molecule has 0 aliphatic carbocycles. The van der Waals surface area contributed by atoms with Crippen molar-refractivity contribution in [3.8, 4) is 0 Å². The number of nitrogens with zero attached hydrogens (tertiary/aromatic N) is 6. The van der Waals surface area contributed by atoms with E-state index in [4.69, 9.17) is 22.9 Å². The van der Waals surface area contributed by atoms with Gasteiger partial charge in [-0.25, -0.2) is 4.98 Å². The van der Waals surface area contributed by atoms with Gasteiger partial charge in [-0.3, -0.25) is 96.4 Å². The number of carbonyl (C=O) groups is 15. The Bertz CT molecular complexity index is 3750. The molecule has 1 aliphatic heterocycles. The largest absolute Gasteiger partial charge is 0.480 e. The van der Waals surface area contributed by atoms with E-state index in [1.54, 1.807) is 38.1 Å². The van der Waals surface area contributed by atoms with Gasteiger partial charge < -0.3 is 90.8 Å².